The molecule has 0 aromatic carbocycles. The molecule has 4 rings (SSSR count). The van der Waals surface area contributed by atoms with Crippen LogP contribution in [-0.4, -0.2) is 43.3 Å². The summed E-state index contributed by atoms with van der Waals surface area (Å²) in [5, 5.41) is 11.5. The minimum Gasteiger partial charge on any atom is -0.382 e. The Balaban J connectivity index is 1.58. The van der Waals surface area contributed by atoms with Crippen LogP contribution in [0, 0.1) is 0 Å². The van der Waals surface area contributed by atoms with Crippen molar-refractivity contribution in [2.24, 2.45) is 0 Å². The molecule has 0 radical (unpaired) electrons. The van der Waals surface area contributed by atoms with Gasteiger partial charge in [0.2, 0.25) is 5.95 Å². The fourth-order valence-electron chi connectivity index (χ4n) is 4.24. The summed E-state index contributed by atoms with van der Waals surface area (Å²) < 4.78 is 39.0. The molecule has 4 aromatic heterocycles. The minimum absolute atomic E-state index is 0.153. The average molecular weight is 486 g/mol. The number of nitrogens with zero attached hydrogens (tertiary/aromatic N) is 4. The number of halogens is 3. The van der Waals surface area contributed by atoms with E-state index in [4.69, 9.17) is 0 Å². The lowest BCUT2D eigenvalue weighted by atomic mass is 10.0. The second-order valence-corrected chi connectivity index (χ2v) is 8.65. The molecule has 0 aliphatic carbocycles. The highest BCUT2D eigenvalue weighted by Crippen LogP contribution is 2.30. The van der Waals surface area contributed by atoms with Gasteiger partial charge >= 0.3 is 6.18 Å². The minimum atomic E-state index is -4.23. The van der Waals surface area contributed by atoms with Crippen molar-refractivity contribution in [1.29, 1.82) is 0 Å². The first-order chi connectivity index (χ1) is 16.8. The molecule has 7 nitrogen and oxygen atoms in total. The second kappa shape index (κ2) is 10.4. The second-order valence-electron chi connectivity index (χ2n) is 8.65. The van der Waals surface area contributed by atoms with Crippen LogP contribution in [0.2, 0.25) is 0 Å². The molecule has 0 aliphatic rings. The fourth-order valence-corrected chi connectivity index (χ4v) is 4.24. The largest absolute Gasteiger partial charge is 0.390 e. The van der Waals surface area contributed by atoms with Crippen LogP contribution >= 0.6 is 0 Å². The van der Waals surface area contributed by atoms with Crippen molar-refractivity contribution in [3.8, 4) is 11.1 Å². The van der Waals surface area contributed by atoms with Crippen LogP contribution in [0.25, 0.3) is 33.4 Å². The number of alkyl halides is 3. The number of H-pyrrole nitrogens is 1. The molecule has 0 aliphatic heterocycles. The third-order valence-electron chi connectivity index (χ3n) is 5.93. The highest BCUT2D eigenvalue weighted by molar-refractivity contribution is 5.94. The van der Waals surface area contributed by atoms with Gasteiger partial charge in [0.1, 0.15) is 5.65 Å². The molecule has 0 saturated carbocycles. The third-order valence-corrected chi connectivity index (χ3v) is 5.93. The number of hydrogen-bond acceptors (Lipinski definition) is 5. The molecule has 4 heterocycles. The van der Waals surface area contributed by atoms with Crippen LogP contribution in [0.3, 0.4) is 0 Å². The molecule has 3 N–H and O–H groups in total. The number of pyridine rings is 1. The molecule has 0 spiro atoms. The smallest absolute Gasteiger partial charge is 0.382 e. The first kappa shape index (κ1) is 24.6. The van der Waals surface area contributed by atoms with Crippen LogP contribution in [0.1, 0.15) is 51.5 Å². The highest BCUT2D eigenvalue weighted by atomic mass is 19.4. The summed E-state index contributed by atoms with van der Waals surface area (Å²) in [7, 11) is 0. The van der Waals surface area contributed by atoms with E-state index in [1.54, 1.807) is 6.20 Å². The quantitative estimate of drug-likeness (QED) is 0.237. The van der Waals surface area contributed by atoms with Crippen LogP contribution in [0.15, 0.2) is 43.5 Å². The Labute approximate surface area is 201 Å². The molecule has 35 heavy (non-hydrogen) atoms. The zero-order valence-corrected chi connectivity index (χ0v) is 19.9. The van der Waals surface area contributed by atoms with E-state index in [1.807, 2.05) is 35.2 Å². The van der Waals surface area contributed by atoms with Gasteiger partial charge in [0.05, 0.1) is 18.1 Å². The Kier molecular flexibility index (Phi) is 7.28. The van der Waals surface area contributed by atoms with Gasteiger partial charge in [0.25, 0.3) is 0 Å². The summed E-state index contributed by atoms with van der Waals surface area (Å²) in [6, 6.07) is 4.37. The Morgan fingerprint density at radius 1 is 1.20 bits per heavy atom. The summed E-state index contributed by atoms with van der Waals surface area (Å²) in [5.41, 5.74) is 5.10. The maximum atomic E-state index is 12.4. The number of anilines is 1. The molecule has 4 aromatic rings. The molecule has 186 valence electrons. The van der Waals surface area contributed by atoms with Gasteiger partial charge in [0, 0.05) is 53.4 Å². The van der Waals surface area contributed by atoms with Gasteiger partial charge in [-0.25, -0.2) is 9.50 Å². The molecule has 0 fully saturated rings. The fraction of sp³-hybridized carbons (Fsp3) is 0.400. The van der Waals surface area contributed by atoms with Crippen molar-refractivity contribution in [2.75, 3.05) is 11.9 Å². The molecule has 0 unspecified atom stereocenters. The molecule has 0 amide bonds. The van der Waals surface area contributed by atoms with E-state index in [1.165, 1.54) is 0 Å². The maximum Gasteiger partial charge on any atom is 0.390 e. The van der Waals surface area contributed by atoms with E-state index in [-0.39, 0.29) is 12.5 Å². The molecule has 10 heteroatoms. The first-order valence-electron chi connectivity index (χ1n) is 11.9. The van der Waals surface area contributed by atoms with E-state index in [0.29, 0.717) is 11.7 Å². The molecule has 0 saturated heterocycles. The lowest BCUT2D eigenvalue weighted by Gasteiger charge is -2.20. The average Bonchev–Trinajstić information content (AvgIpc) is 3.42. The first-order valence-corrected chi connectivity index (χ1v) is 11.9. The van der Waals surface area contributed by atoms with Gasteiger partial charge in [-0.2, -0.15) is 23.3 Å². The summed E-state index contributed by atoms with van der Waals surface area (Å²) in [6.45, 7) is 8.36. The molecule has 0 bridgehead atoms. The van der Waals surface area contributed by atoms with E-state index in [9.17, 15) is 13.2 Å². The molecular formula is C25H30F3N7. The van der Waals surface area contributed by atoms with Crippen molar-refractivity contribution in [3.05, 3.63) is 49.1 Å². The zero-order chi connectivity index (χ0) is 25.0. The van der Waals surface area contributed by atoms with Crippen molar-refractivity contribution >= 4 is 28.2 Å². The van der Waals surface area contributed by atoms with E-state index in [2.05, 4.69) is 51.1 Å². The number of aromatic nitrogens is 5. The number of rotatable bonds is 11. The van der Waals surface area contributed by atoms with Gasteiger partial charge in [-0.1, -0.05) is 33.3 Å². The summed E-state index contributed by atoms with van der Waals surface area (Å²) in [4.78, 5) is 11.6. The Bertz CT molecular complexity index is 1300. The Hall–Kier alpha value is -3.56. The topological polar surface area (TPSA) is 82.9 Å². The predicted molar refractivity (Wildman–Crippen MR) is 133 cm³/mol. The molecular weight excluding hydrogens is 455 g/mol. The van der Waals surface area contributed by atoms with Crippen molar-refractivity contribution < 1.29 is 13.2 Å². The monoisotopic (exact) mass is 485 g/mol. The number of nitrogens with one attached hydrogen (secondary N) is 3. The normalized spacial score (nSPS) is 12.1. The van der Waals surface area contributed by atoms with Gasteiger partial charge in [0.15, 0.2) is 0 Å². The lowest BCUT2D eigenvalue weighted by molar-refractivity contribution is -0.131. The Morgan fingerprint density at radius 2 is 1.97 bits per heavy atom. The molecule has 0 atom stereocenters. The Morgan fingerprint density at radius 3 is 2.69 bits per heavy atom. The van der Waals surface area contributed by atoms with Crippen molar-refractivity contribution in [3.63, 3.8) is 0 Å². The van der Waals surface area contributed by atoms with Crippen LogP contribution < -0.4 is 10.6 Å². The van der Waals surface area contributed by atoms with Crippen LogP contribution in [-0.2, 0) is 0 Å². The van der Waals surface area contributed by atoms with Crippen molar-refractivity contribution in [1.82, 2.24) is 29.9 Å². The van der Waals surface area contributed by atoms with Crippen LogP contribution in [0.4, 0.5) is 19.1 Å². The highest BCUT2D eigenvalue weighted by Gasteiger charge is 2.26. The van der Waals surface area contributed by atoms with E-state index >= 15 is 0 Å². The third kappa shape index (κ3) is 5.75. The zero-order valence-electron chi connectivity index (χ0n) is 19.9. The van der Waals surface area contributed by atoms with Crippen molar-refractivity contribution in [2.45, 2.75) is 58.2 Å². The number of aromatic amines is 1. The number of fused-ring (bicyclic) bond motifs is 2. The van der Waals surface area contributed by atoms with Gasteiger partial charge < -0.3 is 15.6 Å². The van der Waals surface area contributed by atoms with Gasteiger partial charge in [-0.3, -0.25) is 0 Å². The summed E-state index contributed by atoms with van der Waals surface area (Å²) >= 11 is 0. The SMILES string of the molecule is C=C(NC(CCC)CCC)c1cnn2ccc(-c3c[nH]c4nc(NCCC(F)(F)F)ncc34)cc12. The standard InChI is InChI=1S/C25H30F3N7/c1-4-6-18(7-5-2)33-16(3)19-15-32-35-11-8-17(12-22(19)35)20-13-30-23-21(20)14-31-24(34-23)29-10-9-25(26,27)28/h8,11-15,18,33H,3-7,9-10H2,1-2H3,(H2,29,30,31,34). The number of hydrogen-bond donors (Lipinski definition) is 3. The maximum absolute atomic E-state index is 12.4. The van der Waals surface area contributed by atoms with Crippen LogP contribution in [0.5, 0.6) is 0 Å². The van der Waals surface area contributed by atoms with E-state index < -0.39 is 12.6 Å². The van der Waals surface area contributed by atoms with E-state index in [0.717, 1.165) is 59.0 Å². The van der Waals surface area contributed by atoms with Gasteiger partial charge in [-0.05, 0) is 30.5 Å². The lowest BCUT2D eigenvalue weighted by Crippen LogP contribution is -2.27. The summed E-state index contributed by atoms with van der Waals surface area (Å²) in [5.74, 6) is 0.153. The predicted octanol–water partition coefficient (Wildman–Crippen LogP) is 6.17. The van der Waals surface area contributed by atoms with Gasteiger partial charge in [-0.15, -0.1) is 0 Å². The summed E-state index contributed by atoms with van der Waals surface area (Å²) in [6.07, 6.45) is 6.35.